The predicted octanol–water partition coefficient (Wildman–Crippen LogP) is 1.80. The van der Waals surface area contributed by atoms with Crippen LogP contribution in [0.25, 0.3) is 6.08 Å². The summed E-state index contributed by atoms with van der Waals surface area (Å²) in [4.78, 5) is 14.6. The minimum Gasteiger partial charge on any atom is -0.454 e. The molecule has 0 aliphatic carbocycles. The van der Waals surface area contributed by atoms with Crippen molar-refractivity contribution in [3.8, 4) is 11.5 Å². The molecular formula is C15H13NO5S3. The van der Waals surface area contributed by atoms with Gasteiger partial charge in [-0.3, -0.25) is 9.69 Å². The van der Waals surface area contributed by atoms with E-state index in [1.54, 1.807) is 18.2 Å². The number of benzene rings is 1. The molecule has 1 aromatic rings. The summed E-state index contributed by atoms with van der Waals surface area (Å²) in [6, 6.07) is 5.07. The lowest BCUT2D eigenvalue weighted by Gasteiger charge is -2.20. The third-order valence-electron chi connectivity index (χ3n) is 4.09. The molecule has 4 rings (SSSR count). The second-order valence-electron chi connectivity index (χ2n) is 5.72. The van der Waals surface area contributed by atoms with Crippen LogP contribution in [-0.4, -0.2) is 47.9 Å². The first kappa shape index (κ1) is 15.9. The molecule has 3 aliphatic heterocycles. The first-order valence-corrected chi connectivity index (χ1v) is 10.3. The van der Waals surface area contributed by atoms with Crippen LogP contribution in [0.5, 0.6) is 11.5 Å². The number of thiocarbonyl (C=S) groups is 1. The molecule has 2 saturated heterocycles. The highest BCUT2D eigenvalue weighted by Gasteiger charge is 2.42. The SMILES string of the molecule is O=C1/C(=C\c2ccc3c(c2)OCO3)SC(=S)N1C1CCS(=O)(=O)C1. The molecule has 2 fully saturated rings. The number of hydrogen-bond donors (Lipinski definition) is 0. The van der Waals surface area contributed by atoms with Gasteiger partial charge in [-0.05, 0) is 30.2 Å². The Bertz CT molecular complexity index is 877. The standard InChI is InChI=1S/C15H13NO5S3/c17-14-13(6-9-1-2-11-12(5-9)21-8-20-11)23-15(22)16(14)10-3-4-24(18,19)7-10/h1-2,5-6,10H,3-4,7-8H2/b13-6+. The van der Waals surface area contributed by atoms with E-state index in [0.29, 0.717) is 27.1 Å². The fourth-order valence-corrected chi connectivity index (χ4v) is 6.03. The van der Waals surface area contributed by atoms with Gasteiger partial charge < -0.3 is 9.47 Å². The van der Waals surface area contributed by atoms with E-state index in [-0.39, 0.29) is 30.2 Å². The summed E-state index contributed by atoms with van der Waals surface area (Å²) >= 11 is 6.49. The Morgan fingerprint density at radius 2 is 2.08 bits per heavy atom. The zero-order chi connectivity index (χ0) is 16.9. The number of amides is 1. The van der Waals surface area contributed by atoms with Gasteiger partial charge in [-0.1, -0.05) is 30.0 Å². The summed E-state index contributed by atoms with van der Waals surface area (Å²) in [6.45, 7) is 0.192. The number of hydrogen-bond acceptors (Lipinski definition) is 7. The van der Waals surface area contributed by atoms with Gasteiger partial charge in [-0.25, -0.2) is 8.42 Å². The third-order valence-corrected chi connectivity index (χ3v) is 7.17. The van der Waals surface area contributed by atoms with Crippen LogP contribution < -0.4 is 9.47 Å². The number of sulfone groups is 1. The van der Waals surface area contributed by atoms with E-state index in [2.05, 4.69) is 0 Å². The zero-order valence-corrected chi connectivity index (χ0v) is 14.9. The topological polar surface area (TPSA) is 72.9 Å². The normalized spacial score (nSPS) is 26.6. The van der Waals surface area contributed by atoms with Gasteiger partial charge in [-0.15, -0.1) is 0 Å². The maximum Gasteiger partial charge on any atom is 0.266 e. The van der Waals surface area contributed by atoms with Crippen LogP contribution in [0.2, 0.25) is 0 Å². The lowest BCUT2D eigenvalue weighted by molar-refractivity contribution is -0.123. The molecule has 24 heavy (non-hydrogen) atoms. The Morgan fingerprint density at radius 1 is 1.29 bits per heavy atom. The van der Waals surface area contributed by atoms with Crippen molar-refractivity contribution in [2.75, 3.05) is 18.3 Å². The van der Waals surface area contributed by atoms with Crippen molar-refractivity contribution < 1.29 is 22.7 Å². The van der Waals surface area contributed by atoms with Crippen molar-refractivity contribution in [2.45, 2.75) is 12.5 Å². The Balaban J connectivity index is 1.59. The van der Waals surface area contributed by atoms with Crippen LogP contribution in [-0.2, 0) is 14.6 Å². The zero-order valence-electron chi connectivity index (χ0n) is 12.4. The summed E-state index contributed by atoms with van der Waals surface area (Å²) in [5.74, 6) is 1.17. The van der Waals surface area contributed by atoms with Crippen molar-refractivity contribution in [2.24, 2.45) is 0 Å². The molecule has 1 atom stereocenters. The van der Waals surface area contributed by atoms with Gasteiger partial charge in [-0.2, -0.15) is 0 Å². The van der Waals surface area contributed by atoms with E-state index < -0.39 is 9.84 Å². The van der Waals surface area contributed by atoms with Gasteiger partial charge in [0.25, 0.3) is 5.91 Å². The molecule has 0 N–H and O–H groups in total. The van der Waals surface area contributed by atoms with Crippen molar-refractivity contribution in [1.82, 2.24) is 4.90 Å². The minimum atomic E-state index is -3.08. The molecule has 0 saturated carbocycles. The molecule has 1 unspecified atom stereocenters. The third kappa shape index (κ3) is 2.80. The van der Waals surface area contributed by atoms with Gasteiger partial charge in [0.1, 0.15) is 4.32 Å². The molecule has 1 amide bonds. The van der Waals surface area contributed by atoms with Gasteiger partial charge in [0.15, 0.2) is 21.3 Å². The van der Waals surface area contributed by atoms with Crippen LogP contribution in [0.3, 0.4) is 0 Å². The summed E-state index contributed by atoms with van der Waals surface area (Å²) in [5, 5.41) is 0. The monoisotopic (exact) mass is 383 g/mol. The lowest BCUT2D eigenvalue weighted by atomic mass is 10.1. The van der Waals surface area contributed by atoms with Crippen LogP contribution in [0.1, 0.15) is 12.0 Å². The minimum absolute atomic E-state index is 0.0171. The van der Waals surface area contributed by atoms with Gasteiger partial charge in [0.05, 0.1) is 22.5 Å². The highest BCUT2D eigenvalue weighted by Crippen LogP contribution is 2.38. The molecule has 9 heteroatoms. The van der Waals surface area contributed by atoms with Crippen LogP contribution in [0, 0.1) is 0 Å². The van der Waals surface area contributed by atoms with Crippen LogP contribution in [0.15, 0.2) is 23.1 Å². The largest absolute Gasteiger partial charge is 0.454 e. The summed E-state index contributed by atoms with van der Waals surface area (Å²) < 4.78 is 34.3. The summed E-state index contributed by atoms with van der Waals surface area (Å²) in [6.07, 6.45) is 2.18. The Hall–Kier alpha value is -1.58. The van der Waals surface area contributed by atoms with E-state index in [9.17, 15) is 13.2 Å². The fraction of sp³-hybridized carbons (Fsp3) is 0.333. The van der Waals surface area contributed by atoms with Crippen molar-refractivity contribution in [3.63, 3.8) is 0 Å². The number of carbonyl (C=O) groups is 1. The van der Waals surface area contributed by atoms with Crippen molar-refractivity contribution >= 4 is 50.1 Å². The average molecular weight is 383 g/mol. The predicted molar refractivity (Wildman–Crippen MR) is 94.6 cm³/mol. The maximum absolute atomic E-state index is 12.7. The van der Waals surface area contributed by atoms with Crippen LogP contribution in [0.4, 0.5) is 0 Å². The second kappa shape index (κ2) is 5.75. The highest BCUT2D eigenvalue weighted by atomic mass is 32.2. The number of carbonyl (C=O) groups excluding carboxylic acids is 1. The Labute approximate surface area is 148 Å². The Morgan fingerprint density at radius 3 is 2.83 bits per heavy atom. The van der Waals surface area contributed by atoms with Crippen LogP contribution >= 0.6 is 24.0 Å². The quantitative estimate of drug-likeness (QED) is 0.570. The molecule has 1 aromatic carbocycles. The molecule has 0 spiro atoms. The van der Waals surface area contributed by atoms with Gasteiger partial charge in [0.2, 0.25) is 6.79 Å². The van der Waals surface area contributed by atoms with Gasteiger partial charge in [0, 0.05) is 0 Å². The van der Waals surface area contributed by atoms with E-state index in [4.69, 9.17) is 21.7 Å². The first-order valence-electron chi connectivity index (χ1n) is 7.30. The molecule has 126 valence electrons. The van der Waals surface area contributed by atoms with Crippen molar-refractivity contribution in [1.29, 1.82) is 0 Å². The summed E-state index contributed by atoms with van der Waals surface area (Å²) in [5.41, 5.74) is 0.804. The number of ether oxygens (including phenoxy) is 2. The molecule has 6 nitrogen and oxygen atoms in total. The second-order valence-corrected chi connectivity index (χ2v) is 9.63. The number of thioether (sulfide) groups is 1. The van der Waals surface area contributed by atoms with E-state index in [1.807, 2.05) is 6.07 Å². The number of rotatable bonds is 2. The molecule has 0 bridgehead atoms. The number of nitrogens with zero attached hydrogens (tertiary/aromatic N) is 1. The molecule has 3 heterocycles. The fourth-order valence-electron chi connectivity index (χ4n) is 2.93. The lowest BCUT2D eigenvalue weighted by Crippen LogP contribution is -2.39. The first-order chi connectivity index (χ1) is 11.4. The highest BCUT2D eigenvalue weighted by molar-refractivity contribution is 8.26. The molecule has 3 aliphatic rings. The van der Waals surface area contributed by atoms with E-state index >= 15 is 0 Å². The maximum atomic E-state index is 12.7. The summed E-state index contributed by atoms with van der Waals surface area (Å²) in [7, 11) is -3.08. The molecule has 0 radical (unpaired) electrons. The van der Waals surface area contributed by atoms with Crippen molar-refractivity contribution in [3.05, 3.63) is 28.7 Å². The molecular weight excluding hydrogens is 370 g/mol. The van der Waals surface area contributed by atoms with Gasteiger partial charge >= 0.3 is 0 Å². The Kier molecular flexibility index (Phi) is 3.81. The molecule has 0 aromatic heterocycles. The van der Waals surface area contributed by atoms with E-state index in [1.165, 1.54) is 16.7 Å². The van der Waals surface area contributed by atoms with E-state index in [0.717, 1.165) is 5.56 Å². The smallest absolute Gasteiger partial charge is 0.266 e. The average Bonchev–Trinajstić information content (AvgIpc) is 3.18. The number of fused-ring (bicyclic) bond motifs is 1.